The molecule has 46 heavy (non-hydrogen) atoms. The van der Waals surface area contributed by atoms with E-state index >= 15 is 8.78 Å². The number of aromatic hydroxyl groups is 1. The van der Waals surface area contributed by atoms with Crippen molar-refractivity contribution >= 4 is 45.9 Å². The van der Waals surface area contributed by atoms with E-state index in [1.54, 1.807) is 20.8 Å². The zero-order valence-electron chi connectivity index (χ0n) is 26.1. The first-order chi connectivity index (χ1) is 21.8. The van der Waals surface area contributed by atoms with Gasteiger partial charge in [0.15, 0.2) is 34.5 Å². The lowest BCUT2D eigenvalue weighted by molar-refractivity contribution is 0.0589. The highest BCUT2D eigenvalue weighted by atomic mass is 19.1. The molecule has 0 saturated carbocycles. The highest BCUT2D eigenvalue weighted by Crippen LogP contribution is 2.40. The van der Waals surface area contributed by atoms with E-state index in [1.807, 2.05) is 4.90 Å². The highest BCUT2D eigenvalue weighted by Gasteiger charge is 2.35. The molecule has 1 aliphatic rings. The standard InChI is InChI=1S/C31H33F2N5O8/c1-31(2,3)46-30(41)37(4)27-16-11-22(36-17-14-35-23(12-18(17)39)38-7-9-44-10-8-38)34-15-21(16)45-29(27)28(40)24-25(32)19(42-5)13-20(43-6)26(24)33/h11-15H,7-10H2,1-6H3,(H,34,36)(H,35,39). The zero-order valence-corrected chi connectivity index (χ0v) is 26.1. The minimum absolute atomic E-state index is 0.0139. The fourth-order valence-electron chi connectivity index (χ4n) is 4.80. The van der Waals surface area contributed by atoms with E-state index in [0.717, 1.165) is 25.2 Å². The van der Waals surface area contributed by atoms with Crippen LogP contribution in [0.4, 0.5) is 36.6 Å². The summed E-state index contributed by atoms with van der Waals surface area (Å²) in [6.45, 7) is 7.32. The van der Waals surface area contributed by atoms with Crippen molar-refractivity contribution in [1.29, 1.82) is 0 Å². The lowest BCUT2D eigenvalue weighted by atomic mass is 10.0. The SMILES string of the molecule is COc1cc(OC)c(F)c(C(=O)c2oc3cnc(Nc4cnc(N5CCOCC5)cc4O)cc3c2N(C)C(=O)OC(C)(C)C)c1F. The van der Waals surface area contributed by atoms with Crippen molar-refractivity contribution < 1.29 is 46.8 Å². The number of aromatic nitrogens is 2. The van der Waals surface area contributed by atoms with Crippen molar-refractivity contribution in [3.05, 3.63) is 53.6 Å². The summed E-state index contributed by atoms with van der Waals surface area (Å²) in [5.41, 5.74) is -1.85. The monoisotopic (exact) mass is 641 g/mol. The Morgan fingerprint density at radius 1 is 1.02 bits per heavy atom. The van der Waals surface area contributed by atoms with Gasteiger partial charge in [0, 0.05) is 32.3 Å². The number of nitrogens with one attached hydrogen (secondary N) is 1. The Morgan fingerprint density at radius 2 is 1.67 bits per heavy atom. The van der Waals surface area contributed by atoms with Crippen molar-refractivity contribution in [2.75, 3.05) is 62.7 Å². The first-order valence-electron chi connectivity index (χ1n) is 14.2. The molecule has 0 bridgehead atoms. The normalized spacial score (nSPS) is 13.4. The second-order valence-corrected chi connectivity index (χ2v) is 11.3. The molecule has 1 fully saturated rings. The van der Waals surface area contributed by atoms with E-state index in [9.17, 15) is 14.7 Å². The lowest BCUT2D eigenvalue weighted by Crippen LogP contribution is -2.36. The number of carbonyl (C=O) groups excluding carboxylic acids is 2. The Morgan fingerprint density at radius 3 is 2.26 bits per heavy atom. The van der Waals surface area contributed by atoms with Crippen molar-refractivity contribution in [3.8, 4) is 17.2 Å². The number of carbonyl (C=O) groups is 2. The number of anilines is 4. The van der Waals surface area contributed by atoms with Crippen LogP contribution >= 0.6 is 0 Å². The van der Waals surface area contributed by atoms with Gasteiger partial charge in [-0.3, -0.25) is 9.69 Å². The van der Waals surface area contributed by atoms with Crippen molar-refractivity contribution in [2.45, 2.75) is 26.4 Å². The number of fused-ring (bicyclic) bond motifs is 1. The van der Waals surface area contributed by atoms with Crippen LogP contribution in [-0.2, 0) is 9.47 Å². The number of nitrogens with zero attached hydrogens (tertiary/aromatic N) is 4. The maximum atomic E-state index is 15.4. The second-order valence-electron chi connectivity index (χ2n) is 11.3. The van der Waals surface area contributed by atoms with Gasteiger partial charge in [-0.25, -0.2) is 23.5 Å². The van der Waals surface area contributed by atoms with Gasteiger partial charge < -0.3 is 38.7 Å². The molecular formula is C31H33F2N5O8. The van der Waals surface area contributed by atoms with Gasteiger partial charge in [-0.15, -0.1) is 0 Å². The molecule has 0 unspecified atom stereocenters. The number of halogens is 2. The first-order valence-corrected chi connectivity index (χ1v) is 14.2. The molecule has 2 N–H and O–H groups in total. The summed E-state index contributed by atoms with van der Waals surface area (Å²) in [5, 5.41) is 13.9. The summed E-state index contributed by atoms with van der Waals surface area (Å²) in [6, 6.07) is 3.92. The van der Waals surface area contributed by atoms with E-state index in [-0.39, 0.29) is 33.9 Å². The molecule has 0 atom stereocenters. The number of benzene rings is 1. The van der Waals surface area contributed by atoms with E-state index in [1.165, 1.54) is 31.6 Å². The molecule has 1 saturated heterocycles. The van der Waals surface area contributed by atoms with Crippen molar-refractivity contribution in [2.24, 2.45) is 0 Å². The fraction of sp³-hybridized carbons (Fsp3) is 0.355. The summed E-state index contributed by atoms with van der Waals surface area (Å²) < 4.78 is 57.4. The number of ether oxygens (including phenoxy) is 4. The van der Waals surface area contributed by atoms with Gasteiger partial charge in [0.1, 0.15) is 39.9 Å². The van der Waals surface area contributed by atoms with E-state index in [4.69, 9.17) is 23.4 Å². The molecule has 5 rings (SSSR count). The summed E-state index contributed by atoms with van der Waals surface area (Å²) in [4.78, 5) is 38.8. The fourth-order valence-corrected chi connectivity index (χ4v) is 4.80. The van der Waals surface area contributed by atoms with Crippen LogP contribution in [0, 0.1) is 11.6 Å². The minimum atomic E-state index is -1.29. The van der Waals surface area contributed by atoms with E-state index < -0.39 is 51.9 Å². The maximum Gasteiger partial charge on any atom is 0.414 e. The number of hydrogen-bond donors (Lipinski definition) is 2. The Balaban J connectivity index is 1.60. The Labute approximate surface area is 262 Å². The number of methoxy groups -OCH3 is 2. The molecule has 244 valence electrons. The third-order valence-electron chi connectivity index (χ3n) is 7.02. The molecular weight excluding hydrogens is 608 g/mol. The van der Waals surface area contributed by atoms with Gasteiger partial charge in [-0.1, -0.05) is 0 Å². The van der Waals surface area contributed by atoms with Crippen LogP contribution in [0.5, 0.6) is 17.2 Å². The number of morpholine rings is 1. The predicted molar refractivity (Wildman–Crippen MR) is 164 cm³/mol. The van der Waals surface area contributed by atoms with Crippen LogP contribution in [0.1, 0.15) is 36.9 Å². The summed E-state index contributed by atoms with van der Waals surface area (Å²) in [7, 11) is 3.62. The Hall–Kier alpha value is -5.18. The summed E-state index contributed by atoms with van der Waals surface area (Å²) in [5.74, 6) is -4.64. The molecule has 4 heterocycles. The lowest BCUT2D eigenvalue weighted by Gasteiger charge is -2.28. The largest absolute Gasteiger partial charge is 0.506 e. The van der Waals surface area contributed by atoms with Gasteiger partial charge in [-0.05, 0) is 26.8 Å². The van der Waals surface area contributed by atoms with Gasteiger partial charge in [0.05, 0.1) is 45.2 Å². The number of furan rings is 1. The number of rotatable bonds is 8. The molecule has 0 aliphatic carbocycles. The number of amides is 1. The molecule has 15 heteroatoms. The minimum Gasteiger partial charge on any atom is -0.506 e. The molecule has 0 radical (unpaired) electrons. The molecule has 1 aromatic carbocycles. The topological polar surface area (TPSA) is 149 Å². The first kappa shape index (κ1) is 32.2. The quantitative estimate of drug-likeness (QED) is 0.237. The number of ketones is 1. The Kier molecular flexibility index (Phi) is 8.87. The smallest absolute Gasteiger partial charge is 0.414 e. The molecule has 1 amide bonds. The van der Waals surface area contributed by atoms with Crippen LogP contribution in [0.3, 0.4) is 0 Å². The second kappa shape index (κ2) is 12.7. The van der Waals surface area contributed by atoms with Gasteiger partial charge >= 0.3 is 6.09 Å². The average molecular weight is 642 g/mol. The van der Waals surface area contributed by atoms with Crippen LogP contribution in [0.15, 0.2) is 35.0 Å². The van der Waals surface area contributed by atoms with Crippen LogP contribution in [0.2, 0.25) is 0 Å². The van der Waals surface area contributed by atoms with E-state index in [2.05, 4.69) is 15.3 Å². The molecule has 1 aliphatic heterocycles. The van der Waals surface area contributed by atoms with Gasteiger partial charge in [-0.2, -0.15) is 0 Å². The number of hydrogen-bond acceptors (Lipinski definition) is 12. The zero-order chi connectivity index (χ0) is 33.3. The van der Waals surface area contributed by atoms with Gasteiger partial charge in [0.25, 0.3) is 0 Å². The molecule has 3 aromatic heterocycles. The van der Waals surface area contributed by atoms with Crippen LogP contribution < -0.4 is 24.6 Å². The molecule has 4 aromatic rings. The van der Waals surface area contributed by atoms with Crippen molar-refractivity contribution in [3.63, 3.8) is 0 Å². The maximum absolute atomic E-state index is 15.4. The summed E-state index contributed by atoms with van der Waals surface area (Å²) >= 11 is 0. The third kappa shape index (κ3) is 6.31. The van der Waals surface area contributed by atoms with Gasteiger partial charge in [0.2, 0.25) is 5.78 Å². The molecule has 13 nitrogen and oxygen atoms in total. The predicted octanol–water partition coefficient (Wildman–Crippen LogP) is 5.41. The van der Waals surface area contributed by atoms with Crippen LogP contribution in [-0.4, -0.2) is 80.1 Å². The van der Waals surface area contributed by atoms with Crippen LogP contribution in [0.25, 0.3) is 11.0 Å². The van der Waals surface area contributed by atoms with Crippen molar-refractivity contribution in [1.82, 2.24) is 9.97 Å². The molecule has 0 spiro atoms. The Bertz CT molecular complexity index is 1770. The summed E-state index contributed by atoms with van der Waals surface area (Å²) in [6.07, 6.45) is 1.82. The number of pyridine rings is 2. The van der Waals surface area contributed by atoms with E-state index in [0.29, 0.717) is 32.1 Å². The third-order valence-corrected chi connectivity index (χ3v) is 7.02. The highest BCUT2D eigenvalue weighted by molar-refractivity contribution is 6.17. The average Bonchev–Trinajstić information content (AvgIpc) is 3.40.